The molecule has 0 saturated carbocycles. The highest BCUT2D eigenvalue weighted by molar-refractivity contribution is 5.75. The number of hydrogen-bond acceptors (Lipinski definition) is 3. The van der Waals surface area contributed by atoms with Gasteiger partial charge in [0, 0.05) is 6.42 Å². The number of rotatable bonds is 9. The minimum absolute atomic E-state index is 0.293. The zero-order valence-electron chi connectivity index (χ0n) is 9.54. The van der Waals surface area contributed by atoms with Crippen LogP contribution in [-0.4, -0.2) is 22.5 Å². The van der Waals surface area contributed by atoms with E-state index in [1.54, 1.807) is 0 Å². The lowest BCUT2D eigenvalue weighted by molar-refractivity contribution is -0.134. The molecule has 0 aromatic rings. The number of aliphatic hydroxyl groups is 2. The van der Waals surface area contributed by atoms with Gasteiger partial charge >= 0.3 is 0 Å². The molecule has 0 aliphatic carbocycles. The molecule has 1 amide bonds. The van der Waals surface area contributed by atoms with Crippen molar-refractivity contribution in [1.82, 2.24) is 5.32 Å². The maximum atomic E-state index is 11.0. The minimum Gasteiger partial charge on any atom is -0.351 e. The highest BCUT2D eigenvalue weighted by Crippen LogP contribution is 2.08. The van der Waals surface area contributed by atoms with Crippen LogP contribution in [0.3, 0.4) is 0 Å². The Morgan fingerprint density at radius 2 is 1.60 bits per heavy atom. The molecule has 0 heterocycles. The summed E-state index contributed by atoms with van der Waals surface area (Å²) in [7, 11) is 0. The van der Waals surface area contributed by atoms with Crippen molar-refractivity contribution in [2.45, 2.75) is 64.7 Å². The van der Waals surface area contributed by atoms with Crippen LogP contribution < -0.4 is 5.32 Å². The third-order valence-electron chi connectivity index (χ3n) is 2.30. The van der Waals surface area contributed by atoms with E-state index >= 15 is 0 Å². The Balaban J connectivity index is 3.13. The molecule has 0 aromatic heterocycles. The second kappa shape index (κ2) is 9.93. The van der Waals surface area contributed by atoms with E-state index in [2.05, 4.69) is 6.92 Å². The monoisotopic (exact) mass is 217 g/mol. The van der Waals surface area contributed by atoms with Crippen molar-refractivity contribution < 1.29 is 15.0 Å². The van der Waals surface area contributed by atoms with Crippen molar-refractivity contribution in [3.8, 4) is 0 Å². The molecule has 15 heavy (non-hydrogen) atoms. The van der Waals surface area contributed by atoms with Crippen molar-refractivity contribution in [3.05, 3.63) is 0 Å². The third-order valence-corrected chi connectivity index (χ3v) is 2.30. The lowest BCUT2D eigenvalue weighted by Gasteiger charge is -2.06. The number of carbonyl (C=O) groups is 1. The number of aliphatic hydroxyl groups excluding tert-OH is 1. The molecule has 90 valence electrons. The fourth-order valence-corrected chi connectivity index (χ4v) is 1.46. The molecule has 0 unspecified atom stereocenters. The van der Waals surface area contributed by atoms with Gasteiger partial charge in [-0.2, -0.15) is 0 Å². The zero-order valence-corrected chi connectivity index (χ0v) is 9.54. The van der Waals surface area contributed by atoms with Crippen LogP contribution in [-0.2, 0) is 4.79 Å². The summed E-state index contributed by atoms with van der Waals surface area (Å²) in [4.78, 5) is 11.0. The van der Waals surface area contributed by atoms with Crippen LogP contribution in [0.2, 0.25) is 0 Å². The molecule has 3 N–H and O–H groups in total. The molecular formula is C11H23NO3. The molecule has 0 rings (SSSR count). The second-order valence-corrected chi connectivity index (χ2v) is 3.81. The molecule has 4 nitrogen and oxygen atoms in total. The zero-order chi connectivity index (χ0) is 11.5. The van der Waals surface area contributed by atoms with E-state index in [0.29, 0.717) is 6.42 Å². The number of hydrogen-bond donors (Lipinski definition) is 3. The Morgan fingerprint density at radius 1 is 1.07 bits per heavy atom. The Kier molecular flexibility index (Phi) is 9.52. The first kappa shape index (κ1) is 14.4. The third kappa shape index (κ3) is 11.3. The Morgan fingerprint density at radius 3 is 2.13 bits per heavy atom. The van der Waals surface area contributed by atoms with E-state index in [-0.39, 0.29) is 5.91 Å². The van der Waals surface area contributed by atoms with Gasteiger partial charge in [-0.25, -0.2) is 0 Å². The summed E-state index contributed by atoms with van der Waals surface area (Å²) in [5.41, 5.74) is 0. The molecule has 4 heteroatoms. The number of carbonyl (C=O) groups excluding carboxylic acids is 1. The van der Waals surface area contributed by atoms with E-state index in [9.17, 15) is 4.79 Å². The summed E-state index contributed by atoms with van der Waals surface area (Å²) in [6.07, 6.45) is 6.73. The van der Waals surface area contributed by atoms with Gasteiger partial charge in [0.15, 0.2) is 0 Å². The van der Waals surface area contributed by atoms with Gasteiger partial charge in [-0.15, -0.1) is 0 Å². The first-order valence-electron chi connectivity index (χ1n) is 5.82. The topological polar surface area (TPSA) is 69.6 Å². The lowest BCUT2D eigenvalue weighted by Crippen LogP contribution is -2.33. The first-order valence-corrected chi connectivity index (χ1v) is 5.82. The summed E-state index contributed by atoms with van der Waals surface area (Å²) in [5, 5.41) is 18.9. The second-order valence-electron chi connectivity index (χ2n) is 3.81. The molecule has 0 radical (unpaired) electrons. The van der Waals surface area contributed by atoms with Gasteiger partial charge in [0.1, 0.15) is 0 Å². The standard InChI is InChI=1S/C11H23NO3/c1-2-3-4-5-6-7-8-9-10(13)12-11(14)15/h11,14-15H,2-9H2,1H3,(H,12,13). The number of unbranched alkanes of at least 4 members (excludes halogenated alkanes) is 6. The number of nitrogens with one attached hydrogen (secondary N) is 1. The number of amides is 1. The summed E-state index contributed by atoms with van der Waals surface area (Å²) in [6, 6.07) is 0. The van der Waals surface area contributed by atoms with Crippen molar-refractivity contribution in [1.29, 1.82) is 0 Å². The van der Waals surface area contributed by atoms with E-state index < -0.39 is 6.41 Å². The molecular weight excluding hydrogens is 194 g/mol. The largest absolute Gasteiger partial charge is 0.351 e. The van der Waals surface area contributed by atoms with Gasteiger partial charge in [0.25, 0.3) is 0 Å². The Hall–Kier alpha value is -0.610. The van der Waals surface area contributed by atoms with E-state index in [0.717, 1.165) is 19.3 Å². The molecule has 0 saturated heterocycles. The average molecular weight is 217 g/mol. The van der Waals surface area contributed by atoms with Crippen LogP contribution in [0, 0.1) is 0 Å². The van der Waals surface area contributed by atoms with Crippen LogP contribution in [0.15, 0.2) is 0 Å². The van der Waals surface area contributed by atoms with Gasteiger partial charge in [-0.05, 0) is 6.42 Å². The molecule has 0 aliphatic heterocycles. The maximum Gasteiger partial charge on any atom is 0.235 e. The highest BCUT2D eigenvalue weighted by atomic mass is 16.5. The predicted molar refractivity (Wildman–Crippen MR) is 59.0 cm³/mol. The Labute approximate surface area is 91.7 Å². The molecule has 0 bridgehead atoms. The van der Waals surface area contributed by atoms with Crippen molar-refractivity contribution in [3.63, 3.8) is 0 Å². The normalized spacial score (nSPS) is 10.7. The summed E-state index contributed by atoms with van der Waals surface area (Å²) in [5.74, 6) is -0.293. The quantitative estimate of drug-likeness (QED) is 0.405. The Bertz CT molecular complexity index is 160. The molecule has 0 atom stereocenters. The SMILES string of the molecule is CCCCCCCCCC(=O)NC(O)O. The highest BCUT2D eigenvalue weighted by Gasteiger charge is 2.03. The predicted octanol–water partition coefficient (Wildman–Crippen LogP) is 1.51. The lowest BCUT2D eigenvalue weighted by atomic mass is 10.1. The summed E-state index contributed by atoms with van der Waals surface area (Å²) in [6.45, 7) is 2.19. The van der Waals surface area contributed by atoms with Crippen LogP contribution in [0.5, 0.6) is 0 Å². The van der Waals surface area contributed by atoms with Gasteiger partial charge in [-0.3, -0.25) is 4.79 Å². The van der Waals surface area contributed by atoms with Gasteiger partial charge in [-0.1, -0.05) is 45.4 Å². The van der Waals surface area contributed by atoms with Crippen LogP contribution in [0.25, 0.3) is 0 Å². The van der Waals surface area contributed by atoms with Crippen molar-refractivity contribution in [2.24, 2.45) is 0 Å². The maximum absolute atomic E-state index is 11.0. The fraction of sp³-hybridized carbons (Fsp3) is 0.909. The van der Waals surface area contributed by atoms with Crippen LogP contribution >= 0.6 is 0 Å². The van der Waals surface area contributed by atoms with Gasteiger partial charge < -0.3 is 15.5 Å². The van der Waals surface area contributed by atoms with Crippen molar-refractivity contribution in [2.75, 3.05) is 0 Å². The van der Waals surface area contributed by atoms with Gasteiger partial charge in [0.05, 0.1) is 0 Å². The van der Waals surface area contributed by atoms with Crippen LogP contribution in [0.1, 0.15) is 58.3 Å². The fourth-order valence-electron chi connectivity index (χ4n) is 1.46. The van der Waals surface area contributed by atoms with E-state index in [1.165, 1.54) is 25.7 Å². The van der Waals surface area contributed by atoms with E-state index in [4.69, 9.17) is 10.2 Å². The van der Waals surface area contributed by atoms with Gasteiger partial charge in [0.2, 0.25) is 12.3 Å². The first-order chi connectivity index (χ1) is 7.16. The molecule has 0 spiro atoms. The molecule has 0 aromatic carbocycles. The average Bonchev–Trinajstić information content (AvgIpc) is 2.15. The van der Waals surface area contributed by atoms with Crippen LogP contribution in [0.4, 0.5) is 0 Å². The van der Waals surface area contributed by atoms with Crippen molar-refractivity contribution >= 4 is 5.91 Å². The minimum atomic E-state index is -1.72. The molecule has 0 fully saturated rings. The summed E-state index contributed by atoms with van der Waals surface area (Å²) >= 11 is 0. The molecule has 0 aliphatic rings. The van der Waals surface area contributed by atoms with E-state index in [1.807, 2.05) is 5.32 Å². The summed E-state index contributed by atoms with van der Waals surface area (Å²) < 4.78 is 0. The smallest absolute Gasteiger partial charge is 0.235 e.